The molecule has 0 bridgehead atoms. The van der Waals surface area contributed by atoms with Gasteiger partial charge in [0.05, 0.1) is 12.0 Å². The van der Waals surface area contributed by atoms with Crippen molar-refractivity contribution in [2.45, 2.75) is 12.6 Å². The van der Waals surface area contributed by atoms with E-state index in [0.29, 0.717) is 4.47 Å². The number of rotatable bonds is 3. The fourth-order valence-corrected chi connectivity index (χ4v) is 1.51. The van der Waals surface area contributed by atoms with Gasteiger partial charge < -0.3 is 5.32 Å². The maximum absolute atomic E-state index is 12.8. The largest absolute Gasteiger partial charge is 0.390 e. The van der Waals surface area contributed by atoms with Gasteiger partial charge in [-0.3, -0.25) is 4.79 Å². The van der Waals surface area contributed by atoms with Crippen molar-refractivity contribution in [3.63, 3.8) is 0 Å². The maximum atomic E-state index is 12.8. The van der Waals surface area contributed by atoms with Gasteiger partial charge in [0.25, 0.3) is 5.91 Å². The minimum absolute atomic E-state index is 0.0350. The van der Waals surface area contributed by atoms with Gasteiger partial charge in [-0.05, 0) is 34.1 Å². The highest BCUT2D eigenvalue weighted by atomic mass is 79.9. The molecule has 17 heavy (non-hydrogen) atoms. The Bertz CT molecular complexity index is 419. The number of nitrogens with one attached hydrogen (secondary N) is 1. The van der Waals surface area contributed by atoms with Crippen LogP contribution in [0.5, 0.6) is 0 Å². The van der Waals surface area contributed by atoms with Crippen LogP contribution >= 0.6 is 15.9 Å². The Labute approximate surface area is 103 Å². The van der Waals surface area contributed by atoms with Crippen LogP contribution in [-0.2, 0) is 0 Å². The van der Waals surface area contributed by atoms with E-state index >= 15 is 0 Å². The number of carbonyl (C=O) groups excluding carboxylic acids is 1. The summed E-state index contributed by atoms with van der Waals surface area (Å²) in [5.74, 6) is -1.38. The number of halogens is 5. The van der Waals surface area contributed by atoms with Crippen molar-refractivity contribution in [2.24, 2.45) is 0 Å². The van der Waals surface area contributed by atoms with Gasteiger partial charge in [0.15, 0.2) is 0 Å². The van der Waals surface area contributed by atoms with Crippen LogP contribution in [0.3, 0.4) is 0 Å². The molecule has 0 aromatic heterocycles. The smallest absolute Gasteiger partial charge is 0.352 e. The molecule has 1 aromatic carbocycles. The van der Waals surface area contributed by atoms with Crippen LogP contribution in [0.2, 0.25) is 0 Å². The Morgan fingerprint density at radius 3 is 2.59 bits per heavy atom. The summed E-state index contributed by atoms with van der Waals surface area (Å²) < 4.78 is 48.7. The molecule has 1 amide bonds. The summed E-state index contributed by atoms with van der Waals surface area (Å²) in [6.45, 7) is -0.536. The fourth-order valence-electron chi connectivity index (χ4n) is 1.08. The third kappa shape index (κ3) is 4.72. The van der Waals surface area contributed by atoms with Crippen LogP contribution in [0.25, 0.3) is 0 Å². The van der Waals surface area contributed by atoms with Crippen molar-refractivity contribution in [1.82, 2.24) is 5.32 Å². The van der Waals surface area contributed by atoms with Gasteiger partial charge in [-0.1, -0.05) is 0 Å². The average molecular weight is 314 g/mol. The van der Waals surface area contributed by atoms with Crippen molar-refractivity contribution >= 4 is 21.8 Å². The Hall–Kier alpha value is -1.11. The second-order valence-electron chi connectivity index (χ2n) is 3.25. The molecule has 0 radical (unpaired) electrons. The average Bonchev–Trinajstić information content (AvgIpc) is 2.19. The third-order valence-electron chi connectivity index (χ3n) is 1.87. The molecule has 1 aromatic rings. The van der Waals surface area contributed by atoms with Crippen LogP contribution < -0.4 is 5.32 Å². The van der Waals surface area contributed by atoms with E-state index in [9.17, 15) is 22.4 Å². The molecule has 7 heteroatoms. The molecule has 0 aliphatic heterocycles. The first-order chi connectivity index (χ1) is 7.79. The van der Waals surface area contributed by atoms with Gasteiger partial charge in [0.1, 0.15) is 5.82 Å². The van der Waals surface area contributed by atoms with Gasteiger partial charge >= 0.3 is 6.18 Å². The Morgan fingerprint density at radius 2 is 2.00 bits per heavy atom. The highest BCUT2D eigenvalue weighted by molar-refractivity contribution is 9.10. The number of hydrogen-bond acceptors (Lipinski definition) is 1. The quantitative estimate of drug-likeness (QED) is 0.853. The van der Waals surface area contributed by atoms with Crippen LogP contribution in [0, 0.1) is 5.82 Å². The van der Waals surface area contributed by atoms with E-state index in [1.54, 1.807) is 0 Å². The molecule has 2 nitrogen and oxygen atoms in total. The van der Waals surface area contributed by atoms with Crippen molar-refractivity contribution < 1.29 is 22.4 Å². The molecule has 0 heterocycles. The Kier molecular flexibility index (Phi) is 4.50. The van der Waals surface area contributed by atoms with E-state index in [4.69, 9.17) is 0 Å². The molecular weight excluding hydrogens is 306 g/mol. The number of hydrogen-bond donors (Lipinski definition) is 1. The van der Waals surface area contributed by atoms with Crippen molar-refractivity contribution in [2.75, 3.05) is 6.54 Å². The molecule has 0 aliphatic carbocycles. The van der Waals surface area contributed by atoms with Gasteiger partial charge in [0, 0.05) is 11.0 Å². The maximum Gasteiger partial charge on any atom is 0.390 e. The Balaban J connectivity index is 2.61. The van der Waals surface area contributed by atoms with Crippen LogP contribution in [0.1, 0.15) is 16.8 Å². The van der Waals surface area contributed by atoms with Crippen LogP contribution in [0.15, 0.2) is 22.7 Å². The predicted molar refractivity (Wildman–Crippen MR) is 57.1 cm³/mol. The number of amides is 1. The van der Waals surface area contributed by atoms with Crippen LogP contribution in [0.4, 0.5) is 17.6 Å². The van der Waals surface area contributed by atoms with Gasteiger partial charge in [-0.15, -0.1) is 0 Å². The Morgan fingerprint density at radius 1 is 1.35 bits per heavy atom. The summed E-state index contributed by atoms with van der Waals surface area (Å²) in [6.07, 6.45) is -5.45. The second kappa shape index (κ2) is 5.48. The summed E-state index contributed by atoms with van der Waals surface area (Å²) >= 11 is 3.01. The highest BCUT2D eigenvalue weighted by Crippen LogP contribution is 2.19. The lowest BCUT2D eigenvalue weighted by Gasteiger charge is -2.08. The predicted octanol–water partition coefficient (Wildman–Crippen LogP) is 3.27. The molecule has 1 rings (SSSR count). The van der Waals surface area contributed by atoms with Crippen molar-refractivity contribution in [3.05, 3.63) is 34.1 Å². The zero-order chi connectivity index (χ0) is 13.1. The molecule has 0 saturated carbocycles. The monoisotopic (exact) mass is 313 g/mol. The first-order valence-corrected chi connectivity index (χ1v) is 5.39. The van der Waals surface area contributed by atoms with Gasteiger partial charge in [-0.2, -0.15) is 13.2 Å². The molecule has 0 unspecified atom stereocenters. The topological polar surface area (TPSA) is 29.1 Å². The second-order valence-corrected chi connectivity index (χ2v) is 4.10. The summed E-state index contributed by atoms with van der Waals surface area (Å²) in [5, 5.41) is 2.07. The van der Waals surface area contributed by atoms with Crippen molar-refractivity contribution in [1.29, 1.82) is 0 Å². The molecule has 0 saturated heterocycles. The minimum Gasteiger partial charge on any atom is -0.352 e. The SMILES string of the molecule is O=C(NCCC(F)(F)F)c1cc(F)ccc1Br. The van der Waals surface area contributed by atoms with E-state index < -0.39 is 30.9 Å². The summed E-state index contributed by atoms with van der Waals surface area (Å²) in [7, 11) is 0. The van der Waals surface area contributed by atoms with Crippen molar-refractivity contribution in [3.8, 4) is 0 Å². The first kappa shape index (κ1) is 14.0. The molecule has 1 N–H and O–H groups in total. The summed E-state index contributed by atoms with van der Waals surface area (Å²) in [6, 6.07) is 3.40. The lowest BCUT2D eigenvalue weighted by Crippen LogP contribution is -2.28. The van der Waals surface area contributed by atoms with E-state index in [-0.39, 0.29) is 5.56 Å². The minimum atomic E-state index is -4.33. The molecule has 0 atom stereocenters. The number of benzene rings is 1. The van der Waals surface area contributed by atoms with Gasteiger partial charge in [0.2, 0.25) is 0 Å². The summed E-state index contributed by atoms with van der Waals surface area (Å²) in [4.78, 5) is 11.4. The van der Waals surface area contributed by atoms with Gasteiger partial charge in [-0.25, -0.2) is 4.39 Å². The molecule has 0 fully saturated rings. The lowest BCUT2D eigenvalue weighted by atomic mass is 10.2. The first-order valence-electron chi connectivity index (χ1n) is 4.59. The molecular formula is C10H8BrF4NO. The fraction of sp³-hybridized carbons (Fsp3) is 0.300. The third-order valence-corrected chi connectivity index (χ3v) is 2.56. The molecule has 94 valence electrons. The molecule has 0 spiro atoms. The number of carbonyl (C=O) groups is 1. The summed E-state index contributed by atoms with van der Waals surface area (Å²) in [5.41, 5.74) is -0.0350. The lowest BCUT2D eigenvalue weighted by molar-refractivity contribution is -0.132. The zero-order valence-corrected chi connectivity index (χ0v) is 10.0. The van der Waals surface area contributed by atoms with E-state index in [1.807, 2.05) is 0 Å². The highest BCUT2D eigenvalue weighted by Gasteiger charge is 2.26. The van der Waals surface area contributed by atoms with E-state index in [2.05, 4.69) is 21.2 Å². The number of alkyl halides is 3. The normalized spacial score (nSPS) is 11.4. The van der Waals surface area contributed by atoms with E-state index in [0.717, 1.165) is 12.1 Å². The standard InChI is InChI=1S/C10H8BrF4NO/c11-8-2-1-6(12)5-7(8)9(17)16-4-3-10(13,14)15/h1-2,5H,3-4H2,(H,16,17). The zero-order valence-electron chi connectivity index (χ0n) is 8.44. The van der Waals surface area contributed by atoms with E-state index in [1.165, 1.54) is 6.07 Å². The molecule has 0 aliphatic rings. The van der Waals surface area contributed by atoms with Crippen LogP contribution in [-0.4, -0.2) is 18.6 Å².